The molecule has 0 aromatic heterocycles. The van der Waals surface area contributed by atoms with Gasteiger partial charge in [-0.15, -0.1) is 40.8 Å². The van der Waals surface area contributed by atoms with E-state index >= 15 is 0 Å². The van der Waals surface area contributed by atoms with Crippen LogP contribution in [0.2, 0.25) is 13.1 Å². The van der Waals surface area contributed by atoms with Crippen molar-refractivity contribution in [3.8, 4) is 11.1 Å². The number of fused-ring (bicyclic) bond motifs is 4. The second kappa shape index (κ2) is 13.7. The molecule has 0 saturated carbocycles. The number of hydrogen-bond acceptors (Lipinski definition) is 0. The minimum atomic E-state index is 0. The van der Waals surface area contributed by atoms with Crippen LogP contribution in [0.3, 0.4) is 0 Å². The van der Waals surface area contributed by atoms with Crippen LogP contribution in [0.15, 0.2) is 72.8 Å². The fourth-order valence-electron chi connectivity index (χ4n) is 4.10. The summed E-state index contributed by atoms with van der Waals surface area (Å²) in [5.41, 5.74) is 8.92. The average molecular weight is 613 g/mol. The molecule has 0 N–H and O–H groups in total. The molecule has 0 radical (unpaired) electrons. The SMILES string of the molecule is CC(C)(C)c1[c-]c2c(cc1)-c1ccc(C(C)(C)C)cc1C2.C[Si](C)=[Zr+2].[Cl-].[Cl-].c1ccc2[cH-]ccc2c1. The molecule has 0 saturated heterocycles. The summed E-state index contributed by atoms with van der Waals surface area (Å²) in [5, 5.41) is 2.66. The van der Waals surface area contributed by atoms with E-state index in [0.717, 1.165) is 6.42 Å². The Morgan fingerprint density at radius 2 is 1.42 bits per heavy atom. The first-order chi connectivity index (χ1) is 15.9. The molecule has 190 valence electrons. The first-order valence-electron chi connectivity index (χ1n) is 12.2. The maximum Gasteiger partial charge on any atom is -0.0809 e. The predicted molar refractivity (Wildman–Crippen MR) is 148 cm³/mol. The third-order valence-corrected chi connectivity index (χ3v) is 6.01. The Balaban J connectivity index is 0.000000360. The predicted octanol–water partition coefficient (Wildman–Crippen LogP) is 3.00. The van der Waals surface area contributed by atoms with Gasteiger partial charge in [-0.05, 0) is 28.4 Å². The number of halogens is 2. The van der Waals surface area contributed by atoms with E-state index in [0.29, 0.717) is 0 Å². The minimum Gasteiger partial charge on any atom is -1.00 e. The normalized spacial score (nSPS) is 11.5. The van der Waals surface area contributed by atoms with Crippen molar-refractivity contribution in [2.24, 2.45) is 0 Å². The van der Waals surface area contributed by atoms with E-state index in [-0.39, 0.29) is 41.1 Å². The van der Waals surface area contributed by atoms with Crippen molar-refractivity contribution < 1.29 is 48.1 Å². The van der Waals surface area contributed by atoms with Crippen LogP contribution in [-0.4, -0.2) is 5.43 Å². The molecule has 0 heterocycles. The molecule has 1 aliphatic carbocycles. The van der Waals surface area contributed by atoms with Crippen molar-refractivity contribution in [2.75, 3.05) is 0 Å². The standard InChI is InChI=1S/C21H25.C9H7.C2H6Si.2ClH.Zr/c1-20(2,3)16-7-9-18-14(12-16)11-15-13-17(21(4,5)6)8-10-19(15)18;1-2-5-9-7-3-6-8(9)4-1;1-3-2;;;/h7-10,12H,11H2,1-6H3;1-7H;1-2H3;2*1H;/q2*-1;;;;+2/p-2. The molecule has 4 aromatic rings. The molecule has 0 atom stereocenters. The third-order valence-electron chi connectivity index (χ3n) is 6.01. The molecule has 5 rings (SSSR count). The zero-order chi connectivity index (χ0) is 25.1. The molecular weight excluding hydrogens is 575 g/mol. The van der Waals surface area contributed by atoms with E-state index in [2.05, 4.69) is 133 Å². The topological polar surface area (TPSA) is 0 Å². The summed E-state index contributed by atoms with van der Waals surface area (Å²) in [6.07, 6.45) is 1.03. The molecule has 0 amide bonds. The molecule has 0 nitrogen and oxygen atoms in total. The summed E-state index contributed by atoms with van der Waals surface area (Å²) >= 11 is 1.74. The van der Waals surface area contributed by atoms with Gasteiger partial charge < -0.3 is 24.8 Å². The molecule has 0 aliphatic heterocycles. The molecule has 4 heteroatoms. The van der Waals surface area contributed by atoms with Crippen LogP contribution >= 0.6 is 0 Å². The molecule has 1 aliphatic rings. The van der Waals surface area contributed by atoms with E-state index in [4.69, 9.17) is 0 Å². The number of rotatable bonds is 0. The molecule has 0 unspecified atom stereocenters. The number of benzene rings is 3. The van der Waals surface area contributed by atoms with Gasteiger partial charge in [-0.1, -0.05) is 71.4 Å². The summed E-state index contributed by atoms with van der Waals surface area (Å²) < 4.78 is 0. The molecular formula is C32H38Cl2SiZr-2. The largest absolute Gasteiger partial charge is 1.00 e. The molecule has 4 aromatic carbocycles. The van der Waals surface area contributed by atoms with Crippen LogP contribution < -0.4 is 24.8 Å². The van der Waals surface area contributed by atoms with Crippen molar-refractivity contribution in [3.63, 3.8) is 0 Å². The van der Waals surface area contributed by atoms with Gasteiger partial charge in [0, 0.05) is 0 Å². The molecule has 36 heavy (non-hydrogen) atoms. The van der Waals surface area contributed by atoms with Gasteiger partial charge in [-0.2, -0.15) is 41.3 Å². The fraction of sp³-hybridized carbons (Fsp3) is 0.344. The molecule has 0 spiro atoms. The van der Waals surface area contributed by atoms with Gasteiger partial charge in [0.15, 0.2) is 0 Å². The Labute approximate surface area is 246 Å². The van der Waals surface area contributed by atoms with Crippen LogP contribution in [0.5, 0.6) is 0 Å². The maximum atomic E-state index is 3.67. The zero-order valence-corrected chi connectivity index (χ0v) is 27.9. The number of hydrogen-bond donors (Lipinski definition) is 0. The second-order valence-corrected chi connectivity index (χ2v) is 20.8. The van der Waals surface area contributed by atoms with E-state index < -0.39 is 0 Å². The molecule has 0 fully saturated rings. The van der Waals surface area contributed by atoms with Gasteiger partial charge >= 0.3 is 41.9 Å². The zero-order valence-electron chi connectivity index (χ0n) is 22.9. The van der Waals surface area contributed by atoms with Crippen molar-refractivity contribution >= 4 is 16.2 Å². The first-order valence-corrected chi connectivity index (χ1v) is 18.4. The van der Waals surface area contributed by atoms with Gasteiger partial charge in [0.1, 0.15) is 0 Å². The second-order valence-electron chi connectivity index (χ2n) is 11.5. The van der Waals surface area contributed by atoms with Crippen molar-refractivity contribution in [1.82, 2.24) is 0 Å². The van der Waals surface area contributed by atoms with Crippen LogP contribution in [0.25, 0.3) is 21.9 Å². The Hall–Kier alpha value is -1.05. The summed E-state index contributed by atoms with van der Waals surface area (Å²) in [5.74, 6) is 0. The van der Waals surface area contributed by atoms with E-state index in [1.54, 1.807) is 23.3 Å². The summed E-state index contributed by atoms with van der Waals surface area (Å²) in [6.45, 7) is 18.2. The fourth-order valence-corrected chi connectivity index (χ4v) is 4.10. The van der Waals surface area contributed by atoms with Gasteiger partial charge in [0.25, 0.3) is 0 Å². The van der Waals surface area contributed by atoms with E-state index in [1.165, 1.54) is 44.2 Å². The van der Waals surface area contributed by atoms with Gasteiger partial charge in [-0.25, -0.2) is 0 Å². The Kier molecular flexibility index (Phi) is 12.5. The third kappa shape index (κ3) is 8.76. The Morgan fingerprint density at radius 1 is 0.806 bits per heavy atom. The monoisotopic (exact) mass is 610 g/mol. The van der Waals surface area contributed by atoms with Crippen LogP contribution in [0, 0.1) is 6.07 Å². The first kappa shape index (κ1) is 33.0. The summed E-state index contributed by atoms with van der Waals surface area (Å²) in [6, 6.07) is 29.8. The van der Waals surface area contributed by atoms with Crippen LogP contribution in [0.4, 0.5) is 0 Å². The van der Waals surface area contributed by atoms with Crippen molar-refractivity contribution in [1.29, 1.82) is 0 Å². The Morgan fingerprint density at radius 3 is 2.00 bits per heavy atom. The molecule has 0 bridgehead atoms. The van der Waals surface area contributed by atoms with E-state index in [1.807, 2.05) is 0 Å². The summed E-state index contributed by atoms with van der Waals surface area (Å²) in [4.78, 5) is 0. The Bertz CT molecular complexity index is 1190. The maximum absolute atomic E-state index is 3.67. The minimum absolute atomic E-state index is 0. The van der Waals surface area contributed by atoms with Crippen LogP contribution in [0.1, 0.15) is 63.8 Å². The van der Waals surface area contributed by atoms with Crippen molar-refractivity contribution in [3.05, 3.63) is 101 Å². The smallest absolute Gasteiger partial charge is 0.0809 e. The summed E-state index contributed by atoms with van der Waals surface area (Å²) in [7, 11) is 0. The van der Waals surface area contributed by atoms with Gasteiger partial charge in [0.05, 0.1) is 0 Å². The van der Waals surface area contributed by atoms with E-state index in [9.17, 15) is 0 Å². The average Bonchev–Trinajstić information content (AvgIpc) is 3.36. The quantitative estimate of drug-likeness (QED) is 0.187. The van der Waals surface area contributed by atoms with Gasteiger partial charge in [0.2, 0.25) is 0 Å². The van der Waals surface area contributed by atoms with Crippen LogP contribution in [-0.2, 0) is 40.6 Å². The van der Waals surface area contributed by atoms with Gasteiger partial charge in [-0.3, -0.25) is 0 Å². The van der Waals surface area contributed by atoms with Crippen molar-refractivity contribution in [2.45, 2.75) is 71.9 Å².